The average molecular weight is 1060 g/mol. The summed E-state index contributed by atoms with van der Waals surface area (Å²) in [5.74, 6) is 2.17. The highest BCUT2D eigenvalue weighted by atomic mass is 16.7. The quantitative estimate of drug-likeness (QED) is 0.137. The highest BCUT2D eigenvalue weighted by Crippen LogP contribution is 2.30. The summed E-state index contributed by atoms with van der Waals surface area (Å²) in [7, 11) is 0. The second-order valence-corrected chi connectivity index (χ2v) is 20.8. The van der Waals surface area contributed by atoms with E-state index in [2.05, 4.69) is 0 Å². The summed E-state index contributed by atoms with van der Waals surface area (Å²) in [6.45, 7) is 8.55. The molecule has 5 heterocycles. The van der Waals surface area contributed by atoms with Crippen molar-refractivity contribution in [2.24, 2.45) is 29.6 Å². The molecule has 5 aliphatic heterocycles. The van der Waals surface area contributed by atoms with Crippen molar-refractivity contribution >= 4 is 24.6 Å². The summed E-state index contributed by atoms with van der Waals surface area (Å²) in [4.78, 5) is 51.4. The Morgan fingerprint density at radius 3 is 1.09 bits per heavy atom. The predicted octanol–water partition coefficient (Wildman–Crippen LogP) is 10.2. The first-order valence-corrected chi connectivity index (χ1v) is 28.3. The molecule has 16 heteroatoms. The van der Waals surface area contributed by atoms with Crippen molar-refractivity contribution in [3.8, 4) is 0 Å². The molecule has 2 saturated carbocycles. The highest BCUT2D eigenvalue weighted by molar-refractivity contribution is 5.69. The number of piperidine rings is 3. The van der Waals surface area contributed by atoms with Crippen LogP contribution in [-0.4, -0.2) is 141 Å². The molecule has 3 aromatic carbocycles. The first-order valence-electron chi connectivity index (χ1n) is 28.3. The first kappa shape index (κ1) is 60.1. The number of ether oxygens (including phenoxy) is 7. The minimum absolute atomic E-state index is 0.0764. The second kappa shape index (κ2) is 35.3. The van der Waals surface area contributed by atoms with Crippen LogP contribution < -0.4 is 0 Å². The van der Waals surface area contributed by atoms with Gasteiger partial charge in [0.25, 0.3) is 0 Å². The van der Waals surface area contributed by atoms with Crippen molar-refractivity contribution in [1.82, 2.24) is 14.7 Å². The van der Waals surface area contributed by atoms with Gasteiger partial charge >= 0.3 is 18.3 Å². The highest BCUT2D eigenvalue weighted by Gasteiger charge is 2.33. The molecule has 0 atom stereocenters. The maximum absolute atomic E-state index is 12.0. The summed E-state index contributed by atoms with van der Waals surface area (Å²) in [6, 6.07) is 29.0. The van der Waals surface area contributed by atoms with Gasteiger partial charge in [-0.2, -0.15) is 0 Å². The number of rotatable bonds is 11. The molecule has 16 nitrogen and oxygen atoms in total. The summed E-state index contributed by atoms with van der Waals surface area (Å²) in [6.07, 6.45) is 18.6. The topological polar surface area (TPSA) is 183 Å². The summed E-state index contributed by atoms with van der Waals surface area (Å²) >= 11 is 0. The number of aliphatic hydroxyl groups excluding tert-OH is 2. The van der Waals surface area contributed by atoms with Crippen LogP contribution in [0.4, 0.5) is 14.4 Å². The first-order chi connectivity index (χ1) is 37.3. The van der Waals surface area contributed by atoms with Gasteiger partial charge in [0.1, 0.15) is 26.1 Å². The summed E-state index contributed by atoms with van der Waals surface area (Å²) in [5, 5.41) is 17.7. The van der Waals surface area contributed by atoms with Crippen LogP contribution in [-0.2, 0) is 57.8 Å². The molecular formula is C60H87N3O13. The zero-order valence-electron chi connectivity index (χ0n) is 44.9. The van der Waals surface area contributed by atoms with E-state index in [1.165, 1.54) is 64.2 Å². The molecule has 3 amide bonds. The van der Waals surface area contributed by atoms with Gasteiger partial charge in [0.05, 0.1) is 26.4 Å². The number of carbonyl (C=O) groups excluding carboxylic acids is 4. The number of likely N-dealkylation sites (tertiary alicyclic amines) is 3. The predicted molar refractivity (Wildman–Crippen MR) is 288 cm³/mol. The minimum atomic E-state index is -0.289. The van der Waals surface area contributed by atoms with Gasteiger partial charge in [0, 0.05) is 70.2 Å². The van der Waals surface area contributed by atoms with Gasteiger partial charge < -0.3 is 62.9 Å². The number of aldehydes is 1. The molecule has 7 aliphatic rings. The molecule has 5 saturated heterocycles. The zero-order valence-corrected chi connectivity index (χ0v) is 44.9. The largest absolute Gasteiger partial charge is 0.445 e. The van der Waals surface area contributed by atoms with Crippen molar-refractivity contribution in [2.45, 2.75) is 135 Å². The van der Waals surface area contributed by atoms with Gasteiger partial charge in [-0.15, -0.1) is 0 Å². The average Bonchev–Trinajstić information content (AvgIpc) is 4.27. The lowest BCUT2D eigenvalue weighted by atomic mass is 9.89. The van der Waals surface area contributed by atoms with Crippen molar-refractivity contribution < 1.29 is 62.5 Å². The molecule has 0 radical (unpaired) electrons. The van der Waals surface area contributed by atoms with E-state index in [0.717, 1.165) is 74.7 Å². The number of hydrogen-bond donors (Lipinski definition) is 2. The molecule has 0 bridgehead atoms. The third-order valence-corrected chi connectivity index (χ3v) is 15.2. The van der Waals surface area contributed by atoms with E-state index in [4.69, 9.17) is 43.4 Å². The number of nitrogens with zero attached hydrogens (tertiary/aromatic N) is 3. The van der Waals surface area contributed by atoms with Crippen LogP contribution in [0.25, 0.3) is 0 Å². The van der Waals surface area contributed by atoms with Crippen LogP contribution in [0.15, 0.2) is 91.0 Å². The molecule has 0 unspecified atom stereocenters. The van der Waals surface area contributed by atoms with Crippen molar-refractivity contribution in [1.29, 1.82) is 0 Å². The molecule has 3 aromatic rings. The number of amides is 3. The van der Waals surface area contributed by atoms with Crippen LogP contribution in [0.2, 0.25) is 0 Å². The van der Waals surface area contributed by atoms with Gasteiger partial charge in [-0.25, -0.2) is 14.4 Å². The normalized spacial score (nSPS) is 20.3. The van der Waals surface area contributed by atoms with Gasteiger partial charge in [-0.3, -0.25) is 0 Å². The second-order valence-electron chi connectivity index (χ2n) is 20.8. The Bertz CT molecular complexity index is 2010. The van der Waals surface area contributed by atoms with Gasteiger partial charge in [-0.1, -0.05) is 130 Å². The van der Waals surface area contributed by atoms with E-state index in [9.17, 15) is 19.2 Å². The fourth-order valence-corrected chi connectivity index (χ4v) is 10.4. The lowest BCUT2D eigenvalue weighted by Crippen LogP contribution is -2.41. The number of carbonyl (C=O) groups is 4. The Kier molecular flexibility index (Phi) is 28.0. The fraction of sp³-hybridized carbons (Fsp3) is 0.633. The zero-order chi connectivity index (χ0) is 53.4. The SMILES string of the molecule is C1CCC(C2OCCO2)CC1.O=C(OCc1ccccc1)N1CCC(C2OCCO2)CC1.O=C(OCc1ccccc1)N1CCC(CO)CC1.O=CC1CCN(C(=O)OCc2ccccc2)CC1.OCC1CCCCC1. The molecule has 10 rings (SSSR count). The molecule has 0 spiro atoms. The fourth-order valence-electron chi connectivity index (χ4n) is 10.4. The maximum atomic E-state index is 12.0. The Labute approximate surface area is 451 Å². The molecule has 7 fully saturated rings. The number of hydrogen-bond acceptors (Lipinski definition) is 13. The van der Waals surface area contributed by atoms with Crippen molar-refractivity contribution in [2.75, 3.05) is 78.9 Å². The lowest BCUT2D eigenvalue weighted by Gasteiger charge is -2.33. The standard InChI is InChI=1S/C16H21NO4.C14H19NO3.C14H17NO3.C9H16O2.C7H14O/c18-16(21-12-13-4-2-1-3-5-13)17-8-6-14(7-9-17)15-19-10-11-20-15;2*16-10-12-6-8-15(9-7-12)14(17)18-11-13-4-2-1-3-5-13;1-2-4-8(5-3-1)9-10-6-7-11-9;8-6-7-4-2-1-3-5-7/h1-5,14-15H,6-12H2;1-5,12,16H,6-11H2;1-5,10,12H,6-9,11H2;8-9H,1-7H2;7-8H,1-6H2. The van der Waals surface area contributed by atoms with E-state index in [-0.39, 0.29) is 43.4 Å². The lowest BCUT2D eigenvalue weighted by molar-refractivity contribution is -0.112. The van der Waals surface area contributed by atoms with Crippen LogP contribution in [0.3, 0.4) is 0 Å². The number of benzene rings is 3. The van der Waals surface area contributed by atoms with Gasteiger partial charge in [0.15, 0.2) is 12.6 Å². The smallest absolute Gasteiger partial charge is 0.410 e. The number of aliphatic hydroxyl groups is 2. The minimum Gasteiger partial charge on any atom is -0.445 e. The van der Waals surface area contributed by atoms with Crippen LogP contribution >= 0.6 is 0 Å². The van der Waals surface area contributed by atoms with Gasteiger partial charge in [0.2, 0.25) is 0 Å². The molecule has 420 valence electrons. The molecule has 2 aliphatic carbocycles. The van der Waals surface area contributed by atoms with Crippen molar-refractivity contribution in [3.05, 3.63) is 108 Å². The Morgan fingerprint density at radius 1 is 0.434 bits per heavy atom. The van der Waals surface area contributed by atoms with Crippen molar-refractivity contribution in [3.63, 3.8) is 0 Å². The van der Waals surface area contributed by atoms with E-state index < -0.39 is 0 Å². The molecule has 76 heavy (non-hydrogen) atoms. The van der Waals surface area contributed by atoms with E-state index in [0.29, 0.717) is 103 Å². The third-order valence-electron chi connectivity index (χ3n) is 15.2. The summed E-state index contributed by atoms with van der Waals surface area (Å²) < 4.78 is 37.9. The van der Waals surface area contributed by atoms with Crippen LogP contribution in [0.5, 0.6) is 0 Å². The molecule has 0 aromatic heterocycles. The van der Waals surface area contributed by atoms with E-state index >= 15 is 0 Å². The molecule has 2 N–H and O–H groups in total. The van der Waals surface area contributed by atoms with Crippen LogP contribution in [0, 0.1) is 29.6 Å². The Hall–Kier alpha value is -5.10. The molecular weight excluding hydrogens is 971 g/mol. The van der Waals surface area contributed by atoms with Gasteiger partial charge in [-0.05, 0) is 92.7 Å². The Morgan fingerprint density at radius 2 is 0.750 bits per heavy atom. The third kappa shape index (κ3) is 22.1. The maximum Gasteiger partial charge on any atom is 0.410 e. The van der Waals surface area contributed by atoms with Crippen LogP contribution in [0.1, 0.15) is 119 Å². The van der Waals surface area contributed by atoms with E-state index in [1.54, 1.807) is 14.7 Å². The summed E-state index contributed by atoms with van der Waals surface area (Å²) in [5.41, 5.74) is 2.98. The van der Waals surface area contributed by atoms with E-state index in [1.807, 2.05) is 91.0 Å². The monoisotopic (exact) mass is 1060 g/mol. The Balaban J connectivity index is 0.000000159.